The Morgan fingerprint density at radius 1 is 1.05 bits per heavy atom. The first-order valence-electron chi connectivity index (χ1n) is 5.73. The van der Waals surface area contributed by atoms with E-state index in [1.165, 1.54) is 31.4 Å². The normalized spacial score (nSPS) is 17.7. The van der Waals surface area contributed by atoms with Crippen molar-refractivity contribution in [3.63, 3.8) is 0 Å². The van der Waals surface area contributed by atoms with E-state index >= 15 is 0 Å². The fourth-order valence-corrected chi connectivity index (χ4v) is 3.23. The van der Waals surface area contributed by atoms with Crippen LogP contribution >= 0.6 is 34.8 Å². The average Bonchev–Trinajstić information content (AvgIpc) is 2.50. The van der Waals surface area contributed by atoms with E-state index in [4.69, 9.17) is 39.5 Å². The second-order valence-electron chi connectivity index (χ2n) is 4.08. The van der Waals surface area contributed by atoms with Crippen molar-refractivity contribution in [1.82, 2.24) is 0 Å². The van der Waals surface area contributed by atoms with Crippen LogP contribution < -0.4 is 4.74 Å². The third-order valence-electron chi connectivity index (χ3n) is 2.67. The molecule has 0 aliphatic heterocycles. The number of sulfonamides is 1. The number of nitrogens with zero attached hydrogens (tertiary/aromatic N) is 1. The Labute approximate surface area is 141 Å². The van der Waals surface area contributed by atoms with Crippen molar-refractivity contribution in [2.45, 2.75) is 4.90 Å². The largest absolute Gasteiger partial charge is 0.497 e. The first kappa shape index (κ1) is 17.0. The first-order chi connectivity index (χ1) is 10.3. The van der Waals surface area contributed by atoms with Gasteiger partial charge in [0.2, 0.25) is 5.78 Å². The lowest BCUT2D eigenvalue weighted by Crippen LogP contribution is -2.13. The Hall–Kier alpha value is -1.34. The fourth-order valence-electron chi connectivity index (χ4n) is 1.56. The molecule has 0 aromatic heterocycles. The van der Waals surface area contributed by atoms with Crippen LogP contribution in [-0.4, -0.2) is 27.0 Å². The van der Waals surface area contributed by atoms with Crippen molar-refractivity contribution < 1.29 is 17.9 Å². The molecule has 1 aliphatic rings. The molecule has 0 amide bonds. The molecule has 22 heavy (non-hydrogen) atoms. The third kappa shape index (κ3) is 3.35. The van der Waals surface area contributed by atoms with Crippen LogP contribution in [0.3, 0.4) is 0 Å². The van der Waals surface area contributed by atoms with Crippen LogP contribution in [0, 0.1) is 0 Å². The number of hydrogen-bond donors (Lipinski definition) is 0. The molecule has 116 valence electrons. The second kappa shape index (κ2) is 6.42. The van der Waals surface area contributed by atoms with Gasteiger partial charge in [0, 0.05) is 0 Å². The van der Waals surface area contributed by atoms with Gasteiger partial charge in [-0.2, -0.15) is 12.8 Å². The molecule has 2 rings (SSSR count). The van der Waals surface area contributed by atoms with Crippen LogP contribution in [0.15, 0.2) is 54.7 Å². The standard InChI is InChI=1S/C13H8Cl3NO4S/c1-21-7-2-4-8(5-3-7)22(19,20)17-10-6-9(14)13(18)12(16)11(10)15/h2-6H,1H3/b17-10+. The molecule has 0 N–H and O–H groups in total. The van der Waals surface area contributed by atoms with Gasteiger partial charge in [0.25, 0.3) is 10.0 Å². The number of ketones is 1. The van der Waals surface area contributed by atoms with Gasteiger partial charge in [-0.15, -0.1) is 0 Å². The highest BCUT2D eigenvalue weighted by Gasteiger charge is 2.26. The maximum atomic E-state index is 12.2. The summed E-state index contributed by atoms with van der Waals surface area (Å²) in [5, 5.41) is -0.913. The zero-order chi connectivity index (χ0) is 16.5. The van der Waals surface area contributed by atoms with Crippen LogP contribution in [0.5, 0.6) is 5.75 Å². The second-order valence-corrected chi connectivity index (χ2v) is 6.84. The van der Waals surface area contributed by atoms with Gasteiger partial charge in [-0.25, -0.2) is 0 Å². The number of methoxy groups -OCH3 is 1. The first-order valence-corrected chi connectivity index (χ1v) is 8.30. The van der Waals surface area contributed by atoms with Crippen molar-refractivity contribution >= 4 is 56.3 Å². The summed E-state index contributed by atoms with van der Waals surface area (Å²) in [5.41, 5.74) is -0.202. The molecule has 0 fully saturated rings. The van der Waals surface area contributed by atoms with Gasteiger partial charge >= 0.3 is 0 Å². The van der Waals surface area contributed by atoms with Gasteiger partial charge in [-0.3, -0.25) is 4.79 Å². The number of benzene rings is 1. The zero-order valence-corrected chi connectivity index (χ0v) is 14.1. The smallest absolute Gasteiger partial charge is 0.282 e. The quantitative estimate of drug-likeness (QED) is 0.755. The molecule has 0 atom stereocenters. The highest BCUT2D eigenvalue weighted by Crippen LogP contribution is 2.29. The van der Waals surface area contributed by atoms with Crippen LogP contribution in [0.2, 0.25) is 0 Å². The van der Waals surface area contributed by atoms with Crippen molar-refractivity contribution in [1.29, 1.82) is 0 Å². The number of ether oxygens (including phenoxy) is 1. The molecule has 1 aliphatic carbocycles. The van der Waals surface area contributed by atoms with E-state index in [1.807, 2.05) is 0 Å². The molecule has 0 unspecified atom stereocenters. The lowest BCUT2D eigenvalue weighted by molar-refractivity contribution is -0.111. The van der Waals surface area contributed by atoms with Gasteiger partial charge in [0.05, 0.1) is 27.8 Å². The number of carbonyl (C=O) groups excluding carboxylic acids is 1. The summed E-state index contributed by atoms with van der Waals surface area (Å²) in [7, 11) is -2.58. The summed E-state index contributed by atoms with van der Waals surface area (Å²) >= 11 is 17.2. The molecular formula is C13H8Cl3NO4S. The van der Waals surface area contributed by atoms with Crippen molar-refractivity contribution in [3.05, 3.63) is 45.4 Å². The van der Waals surface area contributed by atoms with Gasteiger partial charge < -0.3 is 4.74 Å². The third-order valence-corrected chi connectivity index (χ3v) is 5.10. The van der Waals surface area contributed by atoms with E-state index in [2.05, 4.69) is 4.40 Å². The van der Waals surface area contributed by atoms with E-state index in [0.717, 1.165) is 6.08 Å². The van der Waals surface area contributed by atoms with Gasteiger partial charge in [-0.05, 0) is 30.3 Å². The van der Waals surface area contributed by atoms with Crippen LogP contribution in [-0.2, 0) is 14.8 Å². The van der Waals surface area contributed by atoms with E-state index in [1.54, 1.807) is 0 Å². The van der Waals surface area contributed by atoms with E-state index in [0.29, 0.717) is 5.75 Å². The number of hydrogen-bond acceptors (Lipinski definition) is 4. The topological polar surface area (TPSA) is 72.8 Å². The predicted octanol–water partition coefficient (Wildman–Crippen LogP) is 3.22. The van der Waals surface area contributed by atoms with E-state index in [-0.39, 0.29) is 25.7 Å². The van der Waals surface area contributed by atoms with Gasteiger partial charge in [0.1, 0.15) is 10.8 Å². The molecule has 0 saturated heterocycles. The molecule has 0 saturated carbocycles. The summed E-state index contributed by atoms with van der Waals surface area (Å²) in [5.74, 6) is -0.187. The Kier molecular flexibility index (Phi) is 4.97. The molecule has 1 aromatic rings. The number of allylic oxidation sites excluding steroid dienone is 4. The van der Waals surface area contributed by atoms with Crippen molar-refractivity contribution in [2.24, 2.45) is 4.40 Å². The van der Waals surface area contributed by atoms with Crippen LogP contribution in [0.25, 0.3) is 0 Å². The van der Waals surface area contributed by atoms with E-state index in [9.17, 15) is 13.2 Å². The molecule has 5 nitrogen and oxygen atoms in total. The summed E-state index contributed by atoms with van der Waals surface area (Å²) in [6.45, 7) is 0. The summed E-state index contributed by atoms with van der Waals surface area (Å²) in [6.07, 6.45) is 1.05. The zero-order valence-electron chi connectivity index (χ0n) is 11.0. The minimum atomic E-state index is -4.04. The fraction of sp³-hybridized carbons (Fsp3) is 0.0769. The lowest BCUT2D eigenvalue weighted by atomic mass is 10.1. The van der Waals surface area contributed by atoms with Crippen molar-refractivity contribution in [2.75, 3.05) is 7.11 Å². The van der Waals surface area contributed by atoms with Gasteiger partial charge in [0.15, 0.2) is 0 Å². The monoisotopic (exact) mass is 379 g/mol. The molecule has 0 bridgehead atoms. The summed E-state index contributed by atoms with van der Waals surface area (Å²) in [6, 6.07) is 5.61. The highest BCUT2D eigenvalue weighted by molar-refractivity contribution is 7.90. The van der Waals surface area contributed by atoms with Crippen molar-refractivity contribution in [3.8, 4) is 5.75 Å². The molecule has 9 heteroatoms. The predicted molar refractivity (Wildman–Crippen MR) is 85.3 cm³/mol. The Bertz CT molecular complexity index is 823. The summed E-state index contributed by atoms with van der Waals surface area (Å²) < 4.78 is 33.0. The maximum Gasteiger partial charge on any atom is 0.282 e. The van der Waals surface area contributed by atoms with E-state index < -0.39 is 15.8 Å². The Morgan fingerprint density at radius 2 is 1.64 bits per heavy atom. The molecule has 0 radical (unpaired) electrons. The highest BCUT2D eigenvalue weighted by atomic mass is 35.5. The molecule has 0 spiro atoms. The SMILES string of the molecule is COc1ccc(S(=O)(=O)/N=C2\C=C(Cl)C(=O)C(Cl)=C2Cl)cc1. The number of rotatable bonds is 3. The Balaban J connectivity index is 2.48. The summed E-state index contributed by atoms with van der Waals surface area (Å²) in [4.78, 5) is 11.4. The Morgan fingerprint density at radius 3 is 2.18 bits per heavy atom. The van der Waals surface area contributed by atoms with Crippen LogP contribution in [0.4, 0.5) is 0 Å². The maximum absolute atomic E-state index is 12.2. The molecule has 0 heterocycles. The average molecular weight is 381 g/mol. The minimum absolute atomic E-state index is 0.0668. The number of Topliss-reactive ketones (excluding diaryl/α,β-unsaturated/α-hetero) is 1. The van der Waals surface area contributed by atoms with Crippen LogP contribution in [0.1, 0.15) is 0 Å². The number of carbonyl (C=O) groups is 1. The van der Waals surface area contributed by atoms with Gasteiger partial charge in [-0.1, -0.05) is 34.8 Å². The number of halogens is 3. The minimum Gasteiger partial charge on any atom is -0.497 e. The molecule has 1 aromatic carbocycles. The lowest BCUT2D eigenvalue weighted by Gasteiger charge is -2.10. The molecular weight excluding hydrogens is 373 g/mol.